The Kier molecular flexibility index (Phi) is 6.87. The van der Waals surface area contributed by atoms with Gasteiger partial charge in [0.05, 0.1) is 18.4 Å². The van der Waals surface area contributed by atoms with Crippen LogP contribution in [0.25, 0.3) is 0 Å². The zero-order valence-corrected chi connectivity index (χ0v) is 18.4. The number of aromatic nitrogens is 1. The fourth-order valence-electron chi connectivity index (χ4n) is 4.42. The van der Waals surface area contributed by atoms with Crippen molar-refractivity contribution in [2.45, 2.75) is 38.5 Å². The number of rotatable bonds is 7. The molecule has 1 amide bonds. The van der Waals surface area contributed by atoms with Gasteiger partial charge in [-0.05, 0) is 76.0 Å². The minimum atomic E-state index is -0.0339. The molecule has 1 aromatic heterocycles. The van der Waals surface area contributed by atoms with Crippen molar-refractivity contribution in [1.29, 1.82) is 0 Å². The number of carbonyl (C=O) groups is 1. The van der Waals surface area contributed by atoms with E-state index in [1.807, 2.05) is 30.2 Å². The third kappa shape index (κ3) is 5.07. The summed E-state index contributed by atoms with van der Waals surface area (Å²) in [5.74, 6) is 1.72. The number of allylic oxidation sites excluding steroid dienone is 1. The van der Waals surface area contributed by atoms with Gasteiger partial charge in [-0.3, -0.25) is 9.78 Å². The molecule has 1 atom stereocenters. The molecule has 1 saturated heterocycles. The van der Waals surface area contributed by atoms with Crippen LogP contribution < -0.4 is 9.47 Å². The average Bonchev–Trinajstić information content (AvgIpc) is 2.93. The quantitative estimate of drug-likeness (QED) is 0.619. The standard InChI is InChI=1S/C25H31N3O3/c1-19-18-31-24-11-10-21(30-2)16-22(24)25(29)28(19)15-6-5-13-27-14-7-8-20(17-27)23-9-3-4-12-26-23/h3-4,9-12,16,18,20H,5-8,13-15,17H2,1-2H3. The normalized spacial score (nSPS) is 19.3. The number of ether oxygens (including phenoxy) is 2. The lowest BCUT2D eigenvalue weighted by atomic mass is 9.94. The number of methoxy groups -OCH3 is 1. The van der Waals surface area contributed by atoms with E-state index in [0.717, 1.165) is 38.2 Å². The van der Waals surface area contributed by atoms with E-state index in [1.165, 1.54) is 18.5 Å². The van der Waals surface area contributed by atoms with E-state index in [9.17, 15) is 4.79 Å². The van der Waals surface area contributed by atoms with E-state index in [4.69, 9.17) is 9.47 Å². The van der Waals surface area contributed by atoms with Gasteiger partial charge in [0.2, 0.25) is 0 Å². The molecule has 0 N–H and O–H groups in total. The summed E-state index contributed by atoms with van der Waals surface area (Å²) in [7, 11) is 1.60. The number of nitrogens with zero attached hydrogens (tertiary/aromatic N) is 3. The number of fused-ring (bicyclic) bond motifs is 1. The second-order valence-corrected chi connectivity index (χ2v) is 8.30. The zero-order valence-electron chi connectivity index (χ0n) is 18.4. The molecule has 0 aliphatic carbocycles. The maximum absolute atomic E-state index is 13.1. The lowest BCUT2D eigenvalue weighted by Crippen LogP contribution is -2.36. The van der Waals surface area contributed by atoms with E-state index in [0.29, 0.717) is 29.5 Å². The Morgan fingerprint density at radius 1 is 1.19 bits per heavy atom. The van der Waals surface area contributed by atoms with Crippen LogP contribution in [0.5, 0.6) is 11.5 Å². The molecule has 31 heavy (non-hydrogen) atoms. The number of amides is 1. The third-order valence-electron chi connectivity index (χ3n) is 6.16. The summed E-state index contributed by atoms with van der Waals surface area (Å²) < 4.78 is 11.0. The number of unbranched alkanes of at least 4 members (excludes halogenated alkanes) is 1. The summed E-state index contributed by atoms with van der Waals surface area (Å²) in [6, 6.07) is 11.5. The van der Waals surface area contributed by atoms with Crippen LogP contribution in [0.15, 0.2) is 54.6 Å². The van der Waals surface area contributed by atoms with Crippen molar-refractivity contribution in [3.63, 3.8) is 0 Å². The zero-order chi connectivity index (χ0) is 21.6. The van der Waals surface area contributed by atoms with Gasteiger partial charge in [-0.15, -0.1) is 0 Å². The lowest BCUT2D eigenvalue weighted by molar-refractivity contribution is 0.0803. The van der Waals surface area contributed by atoms with E-state index in [-0.39, 0.29) is 5.91 Å². The van der Waals surface area contributed by atoms with Gasteiger partial charge >= 0.3 is 0 Å². The first-order valence-corrected chi connectivity index (χ1v) is 11.1. The summed E-state index contributed by atoms with van der Waals surface area (Å²) >= 11 is 0. The Hall–Kier alpha value is -2.86. The van der Waals surface area contributed by atoms with Gasteiger partial charge in [0.15, 0.2) is 0 Å². The highest BCUT2D eigenvalue weighted by molar-refractivity contribution is 5.98. The second-order valence-electron chi connectivity index (χ2n) is 8.30. The van der Waals surface area contributed by atoms with Crippen LogP contribution in [-0.4, -0.2) is 54.0 Å². The molecular weight excluding hydrogens is 390 g/mol. The first kappa shape index (κ1) is 21.4. The molecule has 2 aromatic rings. The summed E-state index contributed by atoms with van der Waals surface area (Å²) in [6.45, 7) is 5.86. The lowest BCUT2D eigenvalue weighted by Gasteiger charge is -2.32. The van der Waals surface area contributed by atoms with Crippen molar-refractivity contribution in [3.05, 3.63) is 65.8 Å². The SMILES string of the molecule is COc1ccc2c(c1)C(=O)N(CCCCN1CCCC(c3ccccn3)C1)C(C)=CO2. The Morgan fingerprint density at radius 2 is 2.06 bits per heavy atom. The van der Waals surface area contributed by atoms with Crippen LogP contribution in [0, 0.1) is 0 Å². The highest BCUT2D eigenvalue weighted by Crippen LogP contribution is 2.30. The molecule has 0 bridgehead atoms. The molecule has 1 aromatic carbocycles. The van der Waals surface area contributed by atoms with Crippen LogP contribution in [0.3, 0.4) is 0 Å². The van der Waals surface area contributed by atoms with Gasteiger partial charge in [-0.1, -0.05) is 6.07 Å². The number of benzene rings is 1. The van der Waals surface area contributed by atoms with Gasteiger partial charge in [-0.25, -0.2) is 0 Å². The molecule has 1 unspecified atom stereocenters. The largest absolute Gasteiger partial charge is 0.497 e. The number of likely N-dealkylation sites (tertiary alicyclic amines) is 1. The van der Waals surface area contributed by atoms with E-state index >= 15 is 0 Å². The number of hydrogen-bond acceptors (Lipinski definition) is 5. The first-order chi connectivity index (χ1) is 15.2. The minimum Gasteiger partial charge on any atom is -0.497 e. The van der Waals surface area contributed by atoms with E-state index in [2.05, 4.69) is 22.0 Å². The van der Waals surface area contributed by atoms with Crippen LogP contribution in [-0.2, 0) is 0 Å². The monoisotopic (exact) mass is 421 g/mol. The molecule has 4 rings (SSSR count). The van der Waals surface area contributed by atoms with Gasteiger partial charge in [0.25, 0.3) is 5.91 Å². The number of carbonyl (C=O) groups excluding carboxylic acids is 1. The molecule has 2 aliphatic rings. The maximum atomic E-state index is 13.1. The molecule has 0 spiro atoms. The van der Waals surface area contributed by atoms with E-state index in [1.54, 1.807) is 25.5 Å². The number of pyridine rings is 1. The fraction of sp³-hybridized carbons (Fsp3) is 0.440. The molecule has 2 aliphatic heterocycles. The summed E-state index contributed by atoms with van der Waals surface area (Å²) in [5.41, 5.74) is 2.58. The highest BCUT2D eigenvalue weighted by Gasteiger charge is 2.25. The van der Waals surface area contributed by atoms with Gasteiger partial charge in [-0.2, -0.15) is 0 Å². The highest BCUT2D eigenvalue weighted by atomic mass is 16.5. The third-order valence-corrected chi connectivity index (χ3v) is 6.16. The van der Waals surface area contributed by atoms with Crippen molar-refractivity contribution in [1.82, 2.24) is 14.8 Å². The first-order valence-electron chi connectivity index (χ1n) is 11.1. The van der Waals surface area contributed by atoms with E-state index < -0.39 is 0 Å². The maximum Gasteiger partial charge on any atom is 0.262 e. The minimum absolute atomic E-state index is 0.0339. The van der Waals surface area contributed by atoms with Crippen molar-refractivity contribution in [3.8, 4) is 11.5 Å². The van der Waals surface area contributed by atoms with Crippen LogP contribution in [0.4, 0.5) is 0 Å². The summed E-state index contributed by atoms with van der Waals surface area (Å²) in [5, 5.41) is 0. The predicted molar refractivity (Wildman–Crippen MR) is 120 cm³/mol. The molecule has 0 saturated carbocycles. The average molecular weight is 422 g/mol. The molecule has 3 heterocycles. The summed E-state index contributed by atoms with van der Waals surface area (Å²) in [6.07, 6.45) is 7.98. The van der Waals surface area contributed by atoms with Crippen LogP contribution >= 0.6 is 0 Å². The molecule has 6 nitrogen and oxygen atoms in total. The molecule has 6 heteroatoms. The molecule has 164 valence electrons. The smallest absolute Gasteiger partial charge is 0.262 e. The molecular formula is C25H31N3O3. The summed E-state index contributed by atoms with van der Waals surface area (Å²) in [4.78, 5) is 22.1. The Bertz CT molecular complexity index is 929. The van der Waals surface area contributed by atoms with Crippen molar-refractivity contribution < 1.29 is 14.3 Å². The Morgan fingerprint density at radius 3 is 2.87 bits per heavy atom. The van der Waals surface area contributed by atoms with Crippen molar-refractivity contribution in [2.75, 3.05) is 33.3 Å². The Balaban J connectivity index is 1.31. The van der Waals surface area contributed by atoms with Crippen LogP contribution in [0.2, 0.25) is 0 Å². The van der Waals surface area contributed by atoms with Crippen LogP contribution in [0.1, 0.15) is 54.6 Å². The van der Waals surface area contributed by atoms with Crippen molar-refractivity contribution >= 4 is 5.91 Å². The van der Waals surface area contributed by atoms with Crippen molar-refractivity contribution in [2.24, 2.45) is 0 Å². The fourth-order valence-corrected chi connectivity index (χ4v) is 4.42. The molecule has 0 radical (unpaired) electrons. The van der Waals surface area contributed by atoms with Gasteiger partial charge in [0, 0.05) is 30.9 Å². The number of hydrogen-bond donors (Lipinski definition) is 0. The molecule has 1 fully saturated rings. The topological polar surface area (TPSA) is 54.9 Å². The predicted octanol–water partition coefficient (Wildman–Crippen LogP) is 4.45. The second kappa shape index (κ2) is 9.96. The number of piperidine rings is 1. The van der Waals surface area contributed by atoms with Gasteiger partial charge < -0.3 is 19.3 Å². The van der Waals surface area contributed by atoms with Gasteiger partial charge in [0.1, 0.15) is 17.8 Å². The Labute approximate surface area is 184 Å².